The zero-order valence-corrected chi connectivity index (χ0v) is 7.73. The molecule has 0 aromatic heterocycles. The van der Waals surface area contributed by atoms with E-state index in [0.717, 1.165) is 0 Å². The fourth-order valence-corrected chi connectivity index (χ4v) is 1.92. The van der Waals surface area contributed by atoms with Gasteiger partial charge in [-0.05, 0) is 22.4 Å². The van der Waals surface area contributed by atoms with Crippen molar-refractivity contribution in [1.29, 1.82) is 0 Å². The highest BCUT2D eigenvalue weighted by molar-refractivity contribution is 5.88. The Kier molecular flexibility index (Phi) is 1.57. The molecule has 2 aromatic carbocycles. The lowest BCUT2D eigenvalue weighted by Gasteiger charge is -2.13. The molecule has 1 aliphatic rings. The highest BCUT2D eigenvalue weighted by Crippen LogP contribution is 2.26. The summed E-state index contributed by atoms with van der Waals surface area (Å²) in [6.07, 6.45) is 3.78. The van der Waals surface area contributed by atoms with E-state index in [4.69, 9.17) is 4.74 Å². The number of hydrogen-bond acceptors (Lipinski definition) is 1. The molecule has 1 aliphatic heterocycles. The molecule has 0 radical (unpaired) electrons. The van der Waals surface area contributed by atoms with Crippen LogP contribution in [0.3, 0.4) is 0 Å². The van der Waals surface area contributed by atoms with Crippen molar-refractivity contribution in [2.45, 2.75) is 6.61 Å². The van der Waals surface area contributed by atoms with Gasteiger partial charge < -0.3 is 4.74 Å². The third-order valence-electron chi connectivity index (χ3n) is 2.65. The van der Waals surface area contributed by atoms with Crippen molar-refractivity contribution in [3.8, 4) is 0 Å². The number of rotatable bonds is 0. The van der Waals surface area contributed by atoms with Crippen LogP contribution in [0, 0.1) is 0 Å². The van der Waals surface area contributed by atoms with E-state index < -0.39 is 0 Å². The molecular weight excluding hydrogens is 172 g/mol. The molecular formula is C13H10O. The molecule has 14 heavy (non-hydrogen) atoms. The quantitative estimate of drug-likeness (QED) is 0.607. The van der Waals surface area contributed by atoms with Crippen LogP contribution in [0.25, 0.3) is 16.8 Å². The zero-order chi connectivity index (χ0) is 9.38. The van der Waals surface area contributed by atoms with Gasteiger partial charge in [0.25, 0.3) is 0 Å². The standard InChI is InChI=1S/C13H10O/c1-2-4-12-10(3-1)5-6-11-7-8-14-9-13(11)12/h1-8H,9H2. The first-order valence-corrected chi connectivity index (χ1v) is 4.74. The summed E-state index contributed by atoms with van der Waals surface area (Å²) in [5.41, 5.74) is 2.57. The molecule has 0 bridgehead atoms. The fraction of sp³-hybridized carbons (Fsp3) is 0.0769. The highest BCUT2D eigenvalue weighted by atomic mass is 16.5. The Morgan fingerprint density at radius 1 is 1.00 bits per heavy atom. The first kappa shape index (κ1) is 7.63. The molecule has 1 nitrogen and oxygen atoms in total. The topological polar surface area (TPSA) is 9.23 Å². The van der Waals surface area contributed by atoms with Gasteiger partial charge in [0.05, 0.1) is 6.26 Å². The van der Waals surface area contributed by atoms with Crippen molar-refractivity contribution in [3.63, 3.8) is 0 Å². The van der Waals surface area contributed by atoms with Gasteiger partial charge in [-0.2, -0.15) is 0 Å². The van der Waals surface area contributed by atoms with Crippen molar-refractivity contribution >= 4 is 16.8 Å². The molecule has 3 rings (SSSR count). The number of fused-ring (bicyclic) bond motifs is 3. The van der Waals surface area contributed by atoms with E-state index in [1.165, 1.54) is 21.9 Å². The summed E-state index contributed by atoms with van der Waals surface area (Å²) in [6.45, 7) is 0.688. The van der Waals surface area contributed by atoms with E-state index in [1.807, 2.05) is 6.08 Å². The van der Waals surface area contributed by atoms with E-state index >= 15 is 0 Å². The van der Waals surface area contributed by atoms with Crippen LogP contribution in [0.5, 0.6) is 0 Å². The maximum absolute atomic E-state index is 5.32. The Morgan fingerprint density at radius 3 is 2.93 bits per heavy atom. The van der Waals surface area contributed by atoms with Crippen molar-refractivity contribution in [1.82, 2.24) is 0 Å². The molecule has 0 spiro atoms. The molecule has 0 aliphatic carbocycles. The third kappa shape index (κ3) is 1.02. The molecule has 0 fully saturated rings. The van der Waals surface area contributed by atoms with E-state index in [9.17, 15) is 0 Å². The van der Waals surface area contributed by atoms with Gasteiger partial charge in [-0.15, -0.1) is 0 Å². The molecule has 0 amide bonds. The summed E-state index contributed by atoms with van der Waals surface area (Å²) >= 11 is 0. The van der Waals surface area contributed by atoms with Crippen molar-refractivity contribution in [3.05, 3.63) is 53.8 Å². The van der Waals surface area contributed by atoms with E-state index in [-0.39, 0.29) is 0 Å². The summed E-state index contributed by atoms with van der Waals surface area (Å²) in [6, 6.07) is 12.7. The SMILES string of the molecule is C1=Cc2ccc3ccccc3c2CO1. The summed E-state index contributed by atoms with van der Waals surface area (Å²) in [7, 11) is 0. The molecule has 0 atom stereocenters. The Morgan fingerprint density at radius 2 is 1.93 bits per heavy atom. The lowest BCUT2D eigenvalue weighted by atomic mass is 9.99. The van der Waals surface area contributed by atoms with Crippen LogP contribution >= 0.6 is 0 Å². The van der Waals surface area contributed by atoms with E-state index in [0.29, 0.717) is 6.61 Å². The molecule has 1 heterocycles. The van der Waals surface area contributed by atoms with Gasteiger partial charge in [0.2, 0.25) is 0 Å². The summed E-state index contributed by atoms with van der Waals surface area (Å²) in [5, 5.41) is 2.58. The summed E-state index contributed by atoms with van der Waals surface area (Å²) in [4.78, 5) is 0. The second-order valence-electron chi connectivity index (χ2n) is 3.47. The van der Waals surface area contributed by atoms with Crippen LogP contribution in [-0.2, 0) is 11.3 Å². The maximum atomic E-state index is 5.32. The largest absolute Gasteiger partial charge is 0.496 e. The van der Waals surface area contributed by atoms with Crippen LogP contribution in [0.2, 0.25) is 0 Å². The van der Waals surface area contributed by atoms with Crippen LogP contribution in [0.15, 0.2) is 42.7 Å². The first-order chi connectivity index (χ1) is 6.95. The van der Waals surface area contributed by atoms with Gasteiger partial charge in [0.15, 0.2) is 0 Å². The summed E-state index contributed by atoms with van der Waals surface area (Å²) in [5.74, 6) is 0. The monoisotopic (exact) mass is 182 g/mol. The predicted octanol–water partition coefficient (Wildman–Crippen LogP) is 3.34. The van der Waals surface area contributed by atoms with Crippen LogP contribution < -0.4 is 0 Å². The molecule has 2 aromatic rings. The highest BCUT2D eigenvalue weighted by Gasteiger charge is 2.08. The van der Waals surface area contributed by atoms with Crippen LogP contribution in [0.1, 0.15) is 11.1 Å². The van der Waals surface area contributed by atoms with Gasteiger partial charge in [0.1, 0.15) is 6.61 Å². The van der Waals surface area contributed by atoms with Crippen molar-refractivity contribution < 1.29 is 4.74 Å². The Balaban J connectivity index is 2.41. The Labute approximate surface area is 82.6 Å². The van der Waals surface area contributed by atoms with Gasteiger partial charge in [-0.3, -0.25) is 0 Å². The molecule has 0 N–H and O–H groups in total. The number of benzene rings is 2. The zero-order valence-electron chi connectivity index (χ0n) is 7.73. The van der Waals surface area contributed by atoms with E-state index in [2.05, 4.69) is 36.4 Å². The van der Waals surface area contributed by atoms with Crippen molar-refractivity contribution in [2.75, 3.05) is 0 Å². The van der Waals surface area contributed by atoms with Gasteiger partial charge in [-0.25, -0.2) is 0 Å². The second-order valence-corrected chi connectivity index (χ2v) is 3.47. The predicted molar refractivity (Wildman–Crippen MR) is 57.8 cm³/mol. The minimum Gasteiger partial charge on any atom is -0.496 e. The normalized spacial score (nSPS) is 13.7. The van der Waals surface area contributed by atoms with E-state index in [1.54, 1.807) is 6.26 Å². The van der Waals surface area contributed by atoms with Crippen LogP contribution in [0.4, 0.5) is 0 Å². The molecule has 0 unspecified atom stereocenters. The molecule has 1 heteroatoms. The minimum absolute atomic E-state index is 0.688. The lowest BCUT2D eigenvalue weighted by Crippen LogP contribution is -1.97. The first-order valence-electron chi connectivity index (χ1n) is 4.74. The average molecular weight is 182 g/mol. The summed E-state index contributed by atoms with van der Waals surface area (Å²) < 4.78 is 5.32. The maximum Gasteiger partial charge on any atom is 0.114 e. The Bertz CT molecular complexity index is 512. The molecule has 0 saturated heterocycles. The molecule has 0 saturated carbocycles. The minimum atomic E-state index is 0.688. The smallest absolute Gasteiger partial charge is 0.114 e. The molecule has 68 valence electrons. The second kappa shape index (κ2) is 2.88. The van der Waals surface area contributed by atoms with Crippen LogP contribution in [-0.4, -0.2) is 0 Å². The number of hydrogen-bond donors (Lipinski definition) is 0. The van der Waals surface area contributed by atoms with Gasteiger partial charge >= 0.3 is 0 Å². The van der Waals surface area contributed by atoms with Gasteiger partial charge in [-0.1, -0.05) is 36.4 Å². The van der Waals surface area contributed by atoms with Crippen molar-refractivity contribution in [2.24, 2.45) is 0 Å². The Hall–Kier alpha value is -1.76. The third-order valence-corrected chi connectivity index (χ3v) is 2.65. The average Bonchev–Trinajstić information content (AvgIpc) is 2.29. The number of ether oxygens (including phenoxy) is 1. The van der Waals surface area contributed by atoms with Gasteiger partial charge in [0, 0.05) is 5.56 Å². The lowest BCUT2D eigenvalue weighted by molar-refractivity contribution is 0.236. The fourth-order valence-electron chi connectivity index (χ4n) is 1.92.